The fraction of sp³-hybridized carbons (Fsp3) is 0.250. The van der Waals surface area contributed by atoms with Gasteiger partial charge in [-0.05, 0) is 36.7 Å². The van der Waals surface area contributed by atoms with E-state index in [-0.39, 0.29) is 12.4 Å². The first-order chi connectivity index (χ1) is 8.61. The Labute approximate surface area is 112 Å². The lowest BCUT2D eigenvalue weighted by Gasteiger charge is -1.99. The molecule has 0 spiro atoms. The minimum Gasteiger partial charge on any atom is -0.460 e. The topological polar surface area (TPSA) is 65.2 Å². The van der Waals surface area contributed by atoms with Crippen LogP contribution >= 0.6 is 15.9 Å². The molecule has 5 nitrogen and oxygen atoms in total. The third kappa shape index (κ3) is 2.59. The second kappa shape index (κ2) is 5.30. The minimum atomic E-state index is -0.585. The average Bonchev–Trinajstić information content (AvgIpc) is 2.82. The molecule has 0 aliphatic carbocycles. The van der Waals surface area contributed by atoms with Crippen LogP contribution in [0.15, 0.2) is 27.2 Å². The number of nitrogens with zero attached hydrogens (tertiary/aromatic N) is 2. The van der Waals surface area contributed by atoms with E-state index >= 15 is 0 Å². The number of ether oxygens (including phenoxy) is 1. The van der Waals surface area contributed by atoms with Crippen molar-refractivity contribution in [2.24, 2.45) is 0 Å². The highest BCUT2D eigenvalue weighted by atomic mass is 79.9. The lowest BCUT2D eigenvalue weighted by atomic mass is 10.1. The predicted molar refractivity (Wildman–Crippen MR) is 68.1 cm³/mol. The molecular weight excluding hydrogens is 300 g/mol. The summed E-state index contributed by atoms with van der Waals surface area (Å²) in [6.45, 7) is 3.97. The molecule has 1 heterocycles. The van der Waals surface area contributed by atoms with E-state index in [1.54, 1.807) is 6.92 Å². The zero-order valence-electron chi connectivity index (χ0n) is 9.94. The van der Waals surface area contributed by atoms with Crippen molar-refractivity contribution in [1.82, 2.24) is 10.1 Å². The summed E-state index contributed by atoms with van der Waals surface area (Å²) in [7, 11) is 0. The smallest absolute Gasteiger partial charge is 0.379 e. The van der Waals surface area contributed by atoms with Crippen LogP contribution in [0.25, 0.3) is 11.5 Å². The zero-order chi connectivity index (χ0) is 13.1. The van der Waals surface area contributed by atoms with E-state index in [0.717, 1.165) is 15.6 Å². The Morgan fingerprint density at radius 2 is 2.28 bits per heavy atom. The van der Waals surface area contributed by atoms with E-state index in [1.165, 1.54) is 0 Å². The van der Waals surface area contributed by atoms with Gasteiger partial charge < -0.3 is 9.26 Å². The molecule has 0 atom stereocenters. The van der Waals surface area contributed by atoms with E-state index in [9.17, 15) is 4.79 Å². The predicted octanol–water partition coefficient (Wildman–Crippen LogP) is 2.98. The highest BCUT2D eigenvalue weighted by Gasteiger charge is 2.16. The quantitative estimate of drug-likeness (QED) is 0.815. The Morgan fingerprint density at radius 1 is 1.50 bits per heavy atom. The number of aromatic nitrogens is 2. The Hall–Kier alpha value is -1.69. The van der Waals surface area contributed by atoms with Crippen molar-refractivity contribution in [3.8, 4) is 11.5 Å². The first-order valence-corrected chi connectivity index (χ1v) is 6.18. The number of carbonyl (C=O) groups excluding carboxylic acids is 1. The Kier molecular flexibility index (Phi) is 3.76. The molecule has 2 aromatic rings. The van der Waals surface area contributed by atoms with Crippen LogP contribution in [0.4, 0.5) is 0 Å². The van der Waals surface area contributed by atoms with Crippen molar-refractivity contribution >= 4 is 21.9 Å². The third-order valence-electron chi connectivity index (χ3n) is 2.30. The van der Waals surface area contributed by atoms with Gasteiger partial charge in [-0.25, -0.2) is 4.79 Å². The molecule has 94 valence electrons. The summed E-state index contributed by atoms with van der Waals surface area (Å²) in [5.74, 6) is -0.360. The van der Waals surface area contributed by atoms with Gasteiger partial charge in [0.1, 0.15) is 0 Å². The van der Waals surface area contributed by atoms with Gasteiger partial charge in [0, 0.05) is 10.0 Å². The molecule has 1 aromatic heterocycles. The fourth-order valence-corrected chi connectivity index (χ4v) is 1.72. The van der Waals surface area contributed by atoms with E-state index in [2.05, 4.69) is 26.1 Å². The van der Waals surface area contributed by atoms with Crippen LogP contribution in [-0.2, 0) is 4.74 Å². The number of benzene rings is 1. The first-order valence-electron chi connectivity index (χ1n) is 5.39. The van der Waals surface area contributed by atoms with Gasteiger partial charge in [0.15, 0.2) is 0 Å². The summed E-state index contributed by atoms with van der Waals surface area (Å²) in [6, 6.07) is 5.63. The Bertz CT molecular complexity index is 580. The third-order valence-corrected chi connectivity index (χ3v) is 3.16. The molecule has 0 fully saturated rings. The second-order valence-electron chi connectivity index (χ2n) is 3.61. The molecular formula is C12H11BrN2O3. The van der Waals surface area contributed by atoms with Gasteiger partial charge in [0.25, 0.3) is 11.7 Å². The number of hydrogen-bond donors (Lipinski definition) is 0. The van der Waals surface area contributed by atoms with Crippen molar-refractivity contribution < 1.29 is 14.1 Å². The van der Waals surface area contributed by atoms with Gasteiger partial charge in [-0.2, -0.15) is 4.98 Å². The average molecular weight is 311 g/mol. The largest absolute Gasteiger partial charge is 0.460 e. The summed E-state index contributed by atoms with van der Waals surface area (Å²) in [4.78, 5) is 15.4. The summed E-state index contributed by atoms with van der Waals surface area (Å²) in [6.07, 6.45) is 0. The van der Waals surface area contributed by atoms with E-state index < -0.39 is 5.97 Å². The molecule has 0 aliphatic heterocycles. The van der Waals surface area contributed by atoms with Crippen LogP contribution < -0.4 is 0 Å². The molecule has 0 amide bonds. The molecule has 0 N–H and O–H groups in total. The summed E-state index contributed by atoms with van der Waals surface area (Å²) in [5, 5.41) is 3.59. The van der Waals surface area contributed by atoms with Gasteiger partial charge in [0.05, 0.1) is 6.61 Å². The zero-order valence-corrected chi connectivity index (χ0v) is 11.5. The van der Waals surface area contributed by atoms with Gasteiger partial charge in [-0.1, -0.05) is 22.0 Å². The van der Waals surface area contributed by atoms with Gasteiger partial charge in [-0.3, -0.25) is 0 Å². The Balaban J connectivity index is 2.29. The number of hydrogen-bond acceptors (Lipinski definition) is 5. The van der Waals surface area contributed by atoms with E-state index in [1.807, 2.05) is 25.1 Å². The molecule has 0 aliphatic rings. The van der Waals surface area contributed by atoms with Crippen LogP contribution in [0, 0.1) is 6.92 Å². The Morgan fingerprint density at radius 3 is 2.94 bits per heavy atom. The van der Waals surface area contributed by atoms with Crippen molar-refractivity contribution in [3.05, 3.63) is 34.1 Å². The number of halogens is 1. The van der Waals surface area contributed by atoms with Gasteiger partial charge in [-0.15, -0.1) is 0 Å². The lowest BCUT2D eigenvalue weighted by Crippen LogP contribution is -2.06. The monoisotopic (exact) mass is 310 g/mol. The number of aryl methyl sites for hydroxylation is 1. The van der Waals surface area contributed by atoms with Crippen LogP contribution in [-0.4, -0.2) is 22.7 Å². The SMILES string of the molecule is CCOC(=O)c1noc(-c2ccc(C)c(Br)c2)n1. The molecule has 1 aromatic carbocycles. The highest BCUT2D eigenvalue weighted by molar-refractivity contribution is 9.10. The van der Waals surface area contributed by atoms with E-state index in [4.69, 9.17) is 9.26 Å². The second-order valence-corrected chi connectivity index (χ2v) is 4.46. The summed E-state index contributed by atoms with van der Waals surface area (Å²) < 4.78 is 10.8. The molecule has 2 rings (SSSR count). The van der Waals surface area contributed by atoms with Crippen LogP contribution in [0.3, 0.4) is 0 Å². The van der Waals surface area contributed by atoms with Crippen molar-refractivity contribution in [2.75, 3.05) is 6.61 Å². The number of esters is 1. The maximum atomic E-state index is 11.4. The molecule has 0 saturated carbocycles. The molecule has 0 bridgehead atoms. The first kappa shape index (κ1) is 12.8. The van der Waals surface area contributed by atoms with Crippen molar-refractivity contribution in [1.29, 1.82) is 0 Å². The van der Waals surface area contributed by atoms with Crippen LogP contribution in [0.5, 0.6) is 0 Å². The fourth-order valence-electron chi connectivity index (χ4n) is 1.35. The standard InChI is InChI=1S/C12H11BrN2O3/c1-3-17-12(16)10-14-11(18-15-10)8-5-4-7(2)9(13)6-8/h4-6H,3H2,1-2H3. The maximum Gasteiger partial charge on any atom is 0.379 e. The normalized spacial score (nSPS) is 10.4. The van der Waals surface area contributed by atoms with Gasteiger partial charge in [0.2, 0.25) is 0 Å². The maximum absolute atomic E-state index is 11.4. The lowest BCUT2D eigenvalue weighted by molar-refractivity contribution is 0.0508. The van der Waals surface area contributed by atoms with E-state index in [0.29, 0.717) is 5.89 Å². The van der Waals surface area contributed by atoms with Gasteiger partial charge >= 0.3 is 5.97 Å². The molecule has 18 heavy (non-hydrogen) atoms. The number of rotatable bonds is 3. The van der Waals surface area contributed by atoms with Crippen molar-refractivity contribution in [2.45, 2.75) is 13.8 Å². The molecule has 0 radical (unpaired) electrons. The van der Waals surface area contributed by atoms with Crippen LogP contribution in [0.2, 0.25) is 0 Å². The van der Waals surface area contributed by atoms with Crippen LogP contribution in [0.1, 0.15) is 23.1 Å². The molecule has 6 heteroatoms. The highest BCUT2D eigenvalue weighted by Crippen LogP contribution is 2.24. The molecule has 0 saturated heterocycles. The number of carbonyl (C=O) groups is 1. The summed E-state index contributed by atoms with van der Waals surface area (Å²) >= 11 is 3.42. The van der Waals surface area contributed by atoms with Crippen molar-refractivity contribution in [3.63, 3.8) is 0 Å². The minimum absolute atomic E-state index is 0.0662. The molecule has 0 unspecified atom stereocenters. The summed E-state index contributed by atoms with van der Waals surface area (Å²) in [5.41, 5.74) is 1.85.